The van der Waals surface area contributed by atoms with E-state index in [2.05, 4.69) is 20.9 Å². The third kappa shape index (κ3) is 4.48. The average molecular weight is 394 g/mol. The molecule has 4 amide bonds. The van der Waals surface area contributed by atoms with Crippen LogP contribution in [-0.4, -0.2) is 28.6 Å². The number of carbonyl (C=O) groups excluding carboxylic acids is 4. The molecule has 0 bridgehead atoms. The summed E-state index contributed by atoms with van der Waals surface area (Å²) in [6.45, 7) is 2.12. The number of amides is 4. The van der Waals surface area contributed by atoms with E-state index in [9.17, 15) is 19.2 Å². The van der Waals surface area contributed by atoms with Gasteiger partial charge in [0.1, 0.15) is 0 Å². The molecule has 1 aromatic carbocycles. The Labute approximate surface area is 168 Å². The Morgan fingerprint density at radius 1 is 1.07 bits per heavy atom. The molecule has 1 fully saturated rings. The monoisotopic (exact) mass is 394 g/mol. The van der Waals surface area contributed by atoms with Crippen LogP contribution >= 0.6 is 0 Å². The predicted octanol–water partition coefficient (Wildman–Crippen LogP) is 1.42. The molecule has 3 N–H and O–H groups in total. The van der Waals surface area contributed by atoms with Gasteiger partial charge in [-0.15, -0.1) is 0 Å². The molecule has 0 aliphatic carbocycles. The fourth-order valence-corrected chi connectivity index (χ4v) is 3.39. The van der Waals surface area contributed by atoms with Gasteiger partial charge in [-0.3, -0.25) is 29.5 Å². The van der Waals surface area contributed by atoms with Gasteiger partial charge in [0.05, 0.1) is 5.41 Å². The van der Waals surface area contributed by atoms with Gasteiger partial charge >= 0.3 is 11.8 Å². The minimum absolute atomic E-state index is 0.223. The Hall–Kier alpha value is -3.55. The van der Waals surface area contributed by atoms with Crippen LogP contribution in [0.15, 0.2) is 48.8 Å². The summed E-state index contributed by atoms with van der Waals surface area (Å²) in [5.74, 6) is -2.09. The number of hydrogen-bond donors (Lipinski definition) is 3. The Bertz CT molecular complexity index is 927. The van der Waals surface area contributed by atoms with E-state index in [1.807, 2.05) is 6.92 Å². The number of nitrogens with zero attached hydrogens (tertiary/aromatic N) is 1. The highest BCUT2D eigenvalue weighted by Crippen LogP contribution is 2.36. The van der Waals surface area contributed by atoms with Gasteiger partial charge in [0, 0.05) is 31.0 Å². The molecule has 1 aliphatic heterocycles. The molecule has 29 heavy (non-hydrogen) atoms. The van der Waals surface area contributed by atoms with E-state index in [4.69, 9.17) is 0 Å². The molecule has 8 nitrogen and oxygen atoms in total. The fourth-order valence-electron chi connectivity index (χ4n) is 3.39. The zero-order chi connectivity index (χ0) is 20.9. The predicted molar refractivity (Wildman–Crippen MR) is 106 cm³/mol. The summed E-state index contributed by atoms with van der Waals surface area (Å²) in [6, 6.07) is 10.3. The standard InChI is InChI=1S/C21H22N4O4/c1-2-21(10-7-17(26)25-20(21)29)15-3-5-16(6-4-15)24-19(28)18(27)23-13-14-8-11-22-12-9-14/h3-6,8-9,11-12H,2,7,10,13H2,1H3,(H,23,27)(H,24,28)(H,25,26,29)/t21-/m1/s1. The average Bonchev–Trinajstić information content (AvgIpc) is 2.74. The number of piperidine rings is 1. The molecule has 150 valence electrons. The Morgan fingerprint density at radius 3 is 2.38 bits per heavy atom. The fraction of sp³-hybridized carbons (Fsp3) is 0.286. The Kier molecular flexibility index (Phi) is 6.01. The second kappa shape index (κ2) is 8.64. The molecule has 2 heterocycles. The van der Waals surface area contributed by atoms with Crippen LogP contribution in [0.1, 0.15) is 37.3 Å². The summed E-state index contributed by atoms with van der Waals surface area (Å²) in [6.07, 6.45) is 4.49. The van der Waals surface area contributed by atoms with E-state index < -0.39 is 17.2 Å². The van der Waals surface area contributed by atoms with Crippen molar-refractivity contribution < 1.29 is 19.2 Å². The summed E-state index contributed by atoms with van der Waals surface area (Å²) in [5, 5.41) is 7.49. The zero-order valence-corrected chi connectivity index (χ0v) is 16.0. The van der Waals surface area contributed by atoms with Gasteiger partial charge in [-0.25, -0.2) is 0 Å². The van der Waals surface area contributed by atoms with Gasteiger partial charge in [-0.05, 0) is 48.2 Å². The van der Waals surface area contributed by atoms with Crippen LogP contribution in [-0.2, 0) is 31.1 Å². The molecular weight excluding hydrogens is 372 g/mol. The molecule has 3 rings (SSSR count). The van der Waals surface area contributed by atoms with Gasteiger partial charge in [-0.2, -0.15) is 0 Å². The molecule has 8 heteroatoms. The van der Waals surface area contributed by atoms with Crippen molar-refractivity contribution in [3.63, 3.8) is 0 Å². The van der Waals surface area contributed by atoms with Crippen molar-refractivity contribution in [2.24, 2.45) is 0 Å². The zero-order valence-electron chi connectivity index (χ0n) is 16.0. The van der Waals surface area contributed by atoms with Gasteiger partial charge in [-0.1, -0.05) is 19.1 Å². The largest absolute Gasteiger partial charge is 0.344 e. The molecular formula is C21H22N4O4. The van der Waals surface area contributed by atoms with Crippen LogP contribution < -0.4 is 16.0 Å². The minimum Gasteiger partial charge on any atom is -0.344 e. The molecule has 1 aromatic heterocycles. The highest BCUT2D eigenvalue weighted by molar-refractivity contribution is 6.39. The first-order valence-electron chi connectivity index (χ1n) is 9.37. The van der Waals surface area contributed by atoms with Crippen LogP contribution in [0.4, 0.5) is 5.69 Å². The molecule has 1 saturated heterocycles. The maximum atomic E-state index is 12.4. The summed E-state index contributed by atoms with van der Waals surface area (Å²) < 4.78 is 0. The highest BCUT2D eigenvalue weighted by atomic mass is 16.2. The van der Waals surface area contributed by atoms with Crippen molar-refractivity contribution in [3.8, 4) is 0 Å². The second-order valence-electron chi connectivity index (χ2n) is 6.88. The lowest BCUT2D eigenvalue weighted by Gasteiger charge is -2.35. The Morgan fingerprint density at radius 2 is 1.76 bits per heavy atom. The quantitative estimate of drug-likeness (QED) is 0.524. The van der Waals surface area contributed by atoms with Crippen molar-refractivity contribution in [1.82, 2.24) is 15.6 Å². The van der Waals surface area contributed by atoms with Crippen molar-refractivity contribution in [3.05, 3.63) is 59.9 Å². The van der Waals surface area contributed by atoms with Crippen LogP contribution in [0.25, 0.3) is 0 Å². The third-order valence-electron chi connectivity index (χ3n) is 5.17. The van der Waals surface area contributed by atoms with Crippen LogP contribution in [0, 0.1) is 0 Å². The van der Waals surface area contributed by atoms with Gasteiger partial charge < -0.3 is 10.6 Å². The molecule has 0 unspecified atom stereocenters. The molecule has 1 aliphatic rings. The van der Waals surface area contributed by atoms with Crippen molar-refractivity contribution in [2.45, 2.75) is 38.1 Å². The normalized spacial score (nSPS) is 18.7. The summed E-state index contributed by atoms with van der Waals surface area (Å²) in [7, 11) is 0. The van der Waals surface area contributed by atoms with Gasteiger partial charge in [0.2, 0.25) is 11.8 Å². The summed E-state index contributed by atoms with van der Waals surface area (Å²) >= 11 is 0. The van der Waals surface area contributed by atoms with E-state index in [0.29, 0.717) is 18.5 Å². The Balaban J connectivity index is 1.62. The van der Waals surface area contributed by atoms with Crippen molar-refractivity contribution in [2.75, 3.05) is 5.32 Å². The lowest BCUT2D eigenvalue weighted by molar-refractivity contribution is -0.138. The highest BCUT2D eigenvalue weighted by Gasteiger charge is 2.42. The summed E-state index contributed by atoms with van der Waals surface area (Å²) in [4.78, 5) is 51.9. The number of rotatable bonds is 5. The third-order valence-corrected chi connectivity index (χ3v) is 5.17. The van der Waals surface area contributed by atoms with E-state index in [1.54, 1.807) is 48.8 Å². The molecule has 0 spiro atoms. The van der Waals surface area contributed by atoms with E-state index >= 15 is 0 Å². The maximum Gasteiger partial charge on any atom is 0.313 e. The lowest BCUT2D eigenvalue weighted by atomic mass is 9.72. The number of hydrogen-bond acceptors (Lipinski definition) is 5. The second-order valence-corrected chi connectivity index (χ2v) is 6.88. The number of nitrogens with one attached hydrogen (secondary N) is 3. The van der Waals surface area contributed by atoms with E-state index in [0.717, 1.165) is 11.1 Å². The first-order valence-corrected chi connectivity index (χ1v) is 9.37. The number of aromatic nitrogens is 1. The first kappa shape index (κ1) is 20.2. The number of benzene rings is 1. The van der Waals surface area contributed by atoms with Crippen LogP contribution in [0.2, 0.25) is 0 Å². The maximum absolute atomic E-state index is 12.4. The molecule has 0 radical (unpaired) electrons. The van der Waals surface area contributed by atoms with E-state index in [-0.39, 0.29) is 24.8 Å². The SMILES string of the molecule is CC[C@]1(c2ccc(NC(=O)C(=O)NCc3ccncc3)cc2)CCC(=O)NC1=O. The van der Waals surface area contributed by atoms with Gasteiger partial charge in [0.15, 0.2) is 0 Å². The number of pyridine rings is 1. The van der Waals surface area contributed by atoms with Crippen LogP contribution in [0.3, 0.4) is 0 Å². The topological polar surface area (TPSA) is 117 Å². The van der Waals surface area contributed by atoms with Crippen molar-refractivity contribution in [1.29, 1.82) is 0 Å². The molecule has 2 aromatic rings. The van der Waals surface area contributed by atoms with Crippen LogP contribution in [0.5, 0.6) is 0 Å². The lowest BCUT2D eigenvalue weighted by Crippen LogP contribution is -2.51. The molecule has 1 atom stereocenters. The smallest absolute Gasteiger partial charge is 0.313 e. The number of anilines is 1. The van der Waals surface area contributed by atoms with Crippen molar-refractivity contribution >= 4 is 29.3 Å². The minimum atomic E-state index is -0.780. The number of carbonyl (C=O) groups is 4. The molecule has 0 saturated carbocycles. The van der Waals surface area contributed by atoms with Gasteiger partial charge in [0.25, 0.3) is 0 Å². The number of imide groups is 1. The first-order chi connectivity index (χ1) is 13.9. The summed E-state index contributed by atoms with van der Waals surface area (Å²) in [5.41, 5.74) is 1.28. The van der Waals surface area contributed by atoms with E-state index in [1.165, 1.54) is 0 Å².